The molecule has 0 amide bonds. The molecule has 13 nitrogen and oxygen atoms in total. The number of benzene rings is 7. The first kappa shape index (κ1) is 38.7. The summed E-state index contributed by atoms with van der Waals surface area (Å²) < 4.78 is 27.1. The number of methoxy groups -OCH3 is 2. The largest absolute Gasteiger partial charge is 0.497 e. The number of aromatic amines is 1. The second-order valence-electron chi connectivity index (χ2n) is 15.3. The number of aliphatic hydroxyl groups is 1. The number of aliphatic hydroxyl groups excluding tert-OH is 1. The van der Waals surface area contributed by atoms with Crippen LogP contribution in [0.5, 0.6) is 11.5 Å². The number of nitrogens with zero attached hydrogens (tertiary/aromatic N) is 4. The van der Waals surface area contributed by atoms with E-state index in [9.17, 15) is 19.5 Å². The van der Waals surface area contributed by atoms with Gasteiger partial charge >= 0.3 is 5.69 Å². The van der Waals surface area contributed by atoms with Crippen molar-refractivity contribution in [1.82, 2.24) is 24.5 Å². The Balaban J connectivity index is 1.03. The lowest BCUT2D eigenvalue weighted by Crippen LogP contribution is -2.39. The summed E-state index contributed by atoms with van der Waals surface area (Å²) in [4.78, 5) is 42.2. The molecule has 1 saturated heterocycles. The smallest absolute Gasteiger partial charge is 0.330 e. The van der Waals surface area contributed by atoms with Gasteiger partial charge < -0.3 is 24.1 Å². The summed E-state index contributed by atoms with van der Waals surface area (Å²) in [5.41, 5.74) is 0.173. The fourth-order valence-electron chi connectivity index (χ4n) is 8.89. The van der Waals surface area contributed by atoms with E-state index in [2.05, 4.69) is 33.5 Å². The first-order valence-electron chi connectivity index (χ1n) is 20.0. The number of ketones is 1. The summed E-state index contributed by atoms with van der Waals surface area (Å²) in [5.74, 6) is 0.940. The van der Waals surface area contributed by atoms with Crippen LogP contribution >= 0.6 is 0 Å². The Morgan fingerprint density at radius 2 is 1.35 bits per heavy atom. The quantitative estimate of drug-likeness (QED) is 0.0764. The minimum atomic E-state index is -1.36. The molecule has 0 aliphatic carbocycles. The Hall–Kier alpha value is -7.45. The zero-order chi connectivity index (χ0) is 42.5. The molecule has 4 atom stereocenters. The van der Waals surface area contributed by atoms with Gasteiger partial charge in [0.2, 0.25) is 5.78 Å². The summed E-state index contributed by atoms with van der Waals surface area (Å²) in [6.07, 6.45) is -0.892. The van der Waals surface area contributed by atoms with Crippen LogP contribution in [0.1, 0.15) is 45.0 Å². The predicted molar refractivity (Wildman–Crippen MR) is 232 cm³/mol. The number of carbonyl (C=O) groups is 1. The monoisotopic (exact) mass is 825 g/mol. The van der Waals surface area contributed by atoms with E-state index in [1.165, 1.54) is 27.7 Å². The van der Waals surface area contributed by atoms with Crippen molar-refractivity contribution < 1.29 is 28.8 Å². The Labute approximate surface area is 353 Å². The number of nitrogens with one attached hydrogen (secondary N) is 1. The fraction of sp³-hybridized carbons (Fsp3) is 0.163. The van der Waals surface area contributed by atoms with Gasteiger partial charge in [-0.2, -0.15) is 0 Å². The third-order valence-corrected chi connectivity index (χ3v) is 11.9. The lowest BCUT2D eigenvalue weighted by molar-refractivity contribution is -0.0948. The SMILES string of the molecule is COc1ccc(C(OC[C@@H]2O[C@H](n3ccc(=O)[nH]c3=O)C(n3cc(C(=O)c4ccc5ccc6cccc7ccc4c5c67)nn3)C2O)(c2ccccc2)c2ccc(OC)cc2)cc1. The molecule has 1 fully saturated rings. The van der Waals surface area contributed by atoms with Crippen LogP contribution in [0.3, 0.4) is 0 Å². The molecule has 2 N–H and O–H groups in total. The Morgan fingerprint density at radius 3 is 2.00 bits per heavy atom. The van der Waals surface area contributed by atoms with Crippen LogP contribution < -0.4 is 20.7 Å². The first-order valence-corrected chi connectivity index (χ1v) is 20.0. The third kappa shape index (κ3) is 6.41. The standard InChI is InChI=1S/C49H39N5O8/c1-59-35-19-15-33(16-20-35)49(32-9-4-3-5-10-32,34-17-21-36(60-2)22-18-34)61-28-40-46(57)44(47(62-40)53-26-25-41(55)50-48(53)58)54-27-39(51-52-54)45(56)38-24-14-31-12-11-29-7-6-8-30-13-23-37(38)43(31)42(29)30/h3-27,40,44,46-47,57H,28H2,1-2H3,(H,50,55,58)/t40-,44?,46?,47-/m0/s1. The number of aromatic nitrogens is 5. The fourth-order valence-corrected chi connectivity index (χ4v) is 8.89. The number of hydrogen-bond donors (Lipinski definition) is 2. The summed E-state index contributed by atoms with van der Waals surface area (Å²) in [6, 6.07) is 42.8. The predicted octanol–water partition coefficient (Wildman–Crippen LogP) is 6.78. The number of rotatable bonds is 12. The van der Waals surface area contributed by atoms with Crippen LogP contribution in [0.4, 0.5) is 0 Å². The van der Waals surface area contributed by atoms with Gasteiger partial charge in [0.05, 0.1) is 27.0 Å². The van der Waals surface area contributed by atoms with Gasteiger partial charge in [0.25, 0.3) is 5.56 Å². The molecule has 9 aromatic rings. The lowest BCUT2D eigenvalue weighted by atomic mass is 9.80. The lowest BCUT2D eigenvalue weighted by Gasteiger charge is -2.37. The van der Waals surface area contributed by atoms with E-state index < -0.39 is 41.3 Å². The maximum absolute atomic E-state index is 14.4. The molecule has 62 heavy (non-hydrogen) atoms. The molecule has 308 valence electrons. The molecular weight excluding hydrogens is 787 g/mol. The van der Waals surface area contributed by atoms with Crippen molar-refractivity contribution in [3.05, 3.63) is 201 Å². The molecule has 3 heterocycles. The zero-order valence-electron chi connectivity index (χ0n) is 33.5. The number of hydrogen-bond acceptors (Lipinski definition) is 10. The maximum atomic E-state index is 14.4. The van der Waals surface area contributed by atoms with Crippen molar-refractivity contribution in [2.75, 3.05) is 20.8 Å². The molecule has 2 unspecified atom stereocenters. The van der Waals surface area contributed by atoms with Crippen molar-refractivity contribution in [3.63, 3.8) is 0 Å². The minimum absolute atomic E-state index is 0.0293. The van der Waals surface area contributed by atoms with Gasteiger partial charge in [-0.1, -0.05) is 108 Å². The zero-order valence-corrected chi connectivity index (χ0v) is 33.5. The average Bonchev–Trinajstić information content (AvgIpc) is 3.93. The topological polar surface area (TPSA) is 160 Å². The molecule has 0 saturated carbocycles. The van der Waals surface area contributed by atoms with Crippen molar-refractivity contribution >= 4 is 38.1 Å². The average molecular weight is 826 g/mol. The molecule has 1 aliphatic rings. The van der Waals surface area contributed by atoms with Gasteiger partial charge in [-0.15, -0.1) is 5.10 Å². The highest BCUT2D eigenvalue weighted by Gasteiger charge is 2.49. The van der Waals surface area contributed by atoms with Crippen LogP contribution in [-0.2, 0) is 15.1 Å². The number of carbonyl (C=O) groups excluding carboxylic acids is 1. The first-order chi connectivity index (χ1) is 30.3. The summed E-state index contributed by atoms with van der Waals surface area (Å²) in [6.45, 7) is -0.192. The summed E-state index contributed by atoms with van der Waals surface area (Å²) >= 11 is 0. The van der Waals surface area contributed by atoms with E-state index in [-0.39, 0.29) is 18.1 Å². The molecule has 0 bridgehead atoms. The van der Waals surface area contributed by atoms with Gasteiger partial charge in [0.15, 0.2) is 11.9 Å². The van der Waals surface area contributed by atoms with Crippen molar-refractivity contribution in [1.29, 1.82) is 0 Å². The summed E-state index contributed by atoms with van der Waals surface area (Å²) in [7, 11) is 3.19. The third-order valence-electron chi connectivity index (χ3n) is 11.9. The van der Waals surface area contributed by atoms with E-state index in [4.69, 9.17) is 18.9 Å². The molecule has 10 rings (SSSR count). The molecule has 13 heteroatoms. The van der Waals surface area contributed by atoms with E-state index in [0.29, 0.717) is 17.1 Å². The highest BCUT2D eigenvalue weighted by molar-refractivity contribution is 6.27. The van der Waals surface area contributed by atoms with E-state index >= 15 is 0 Å². The van der Waals surface area contributed by atoms with Crippen LogP contribution in [0.2, 0.25) is 0 Å². The van der Waals surface area contributed by atoms with Gasteiger partial charge in [0.1, 0.15) is 35.3 Å². The van der Waals surface area contributed by atoms with Gasteiger partial charge in [0, 0.05) is 17.8 Å². The number of H-pyrrole nitrogens is 1. The van der Waals surface area contributed by atoms with E-state index in [0.717, 1.165) is 49.0 Å². The Kier molecular flexibility index (Phi) is 9.71. The highest BCUT2D eigenvalue weighted by Crippen LogP contribution is 2.44. The van der Waals surface area contributed by atoms with Gasteiger partial charge in [-0.25, -0.2) is 9.48 Å². The van der Waals surface area contributed by atoms with Gasteiger partial charge in [-0.05, 0) is 79.3 Å². The Morgan fingerprint density at radius 1 is 0.742 bits per heavy atom. The molecule has 1 aliphatic heterocycles. The number of ether oxygens (including phenoxy) is 4. The second kappa shape index (κ2) is 15.5. The van der Waals surface area contributed by atoms with Crippen LogP contribution in [-0.4, -0.2) is 68.5 Å². The van der Waals surface area contributed by atoms with Crippen LogP contribution in [0, 0.1) is 0 Å². The highest BCUT2D eigenvalue weighted by atomic mass is 16.6. The molecular formula is C49H39N5O8. The summed E-state index contributed by atoms with van der Waals surface area (Å²) in [5, 5.41) is 26.9. The van der Waals surface area contributed by atoms with Crippen LogP contribution in [0.25, 0.3) is 32.3 Å². The van der Waals surface area contributed by atoms with E-state index in [1.807, 2.05) is 109 Å². The molecule has 0 radical (unpaired) electrons. The van der Waals surface area contributed by atoms with Crippen molar-refractivity contribution in [3.8, 4) is 11.5 Å². The molecule has 7 aromatic carbocycles. The van der Waals surface area contributed by atoms with E-state index in [1.54, 1.807) is 20.3 Å². The Bertz CT molecular complexity index is 3140. The normalized spacial score (nSPS) is 17.9. The second-order valence-corrected chi connectivity index (χ2v) is 15.3. The maximum Gasteiger partial charge on any atom is 0.330 e. The van der Waals surface area contributed by atoms with Crippen molar-refractivity contribution in [2.24, 2.45) is 0 Å². The van der Waals surface area contributed by atoms with Gasteiger partial charge in [-0.3, -0.25) is 19.1 Å². The molecule has 2 aromatic heterocycles. The minimum Gasteiger partial charge on any atom is -0.497 e. The molecule has 0 spiro atoms. The van der Waals surface area contributed by atoms with Crippen molar-refractivity contribution in [2.45, 2.75) is 30.1 Å². The van der Waals surface area contributed by atoms with Crippen LogP contribution in [0.15, 0.2) is 162 Å².